The third-order valence-electron chi connectivity index (χ3n) is 15.1. The first-order valence-electron chi connectivity index (χ1n) is 27.4. The van der Waals surface area contributed by atoms with Crippen molar-refractivity contribution in [3.63, 3.8) is 0 Å². The second-order valence-electron chi connectivity index (χ2n) is 20.8. The van der Waals surface area contributed by atoms with E-state index < -0.39 is 139 Å². The second-order valence-corrected chi connectivity index (χ2v) is 20.8. The lowest BCUT2D eigenvalue weighted by Gasteiger charge is -2.32. The van der Waals surface area contributed by atoms with Crippen LogP contribution in [0.15, 0.2) is 91.0 Å². The molecule has 4 aliphatic heterocycles. The van der Waals surface area contributed by atoms with Crippen LogP contribution in [0.25, 0.3) is 0 Å². The molecule has 3 aromatic rings. The van der Waals surface area contributed by atoms with Gasteiger partial charge >= 0.3 is 17.9 Å². The minimum absolute atomic E-state index is 0.0198. The van der Waals surface area contributed by atoms with Gasteiger partial charge in [0.25, 0.3) is 0 Å². The molecule has 4 aliphatic rings. The smallest absolute Gasteiger partial charge is 0.326 e. The Labute approximate surface area is 462 Å². The van der Waals surface area contributed by atoms with Crippen molar-refractivity contribution in [2.75, 3.05) is 26.2 Å². The van der Waals surface area contributed by atoms with E-state index in [0.29, 0.717) is 43.4 Å². The molecular formula is C57H71N9O14. The van der Waals surface area contributed by atoms with Crippen LogP contribution >= 0.6 is 0 Å². The van der Waals surface area contributed by atoms with E-state index in [-0.39, 0.29) is 64.1 Å². The molecule has 0 aromatic heterocycles. The molecule has 0 saturated carbocycles. The largest absolute Gasteiger partial charge is 0.481 e. The summed E-state index contributed by atoms with van der Waals surface area (Å²) in [6.07, 6.45) is 1.00. The van der Waals surface area contributed by atoms with Crippen LogP contribution in [0.3, 0.4) is 0 Å². The average molecular weight is 1110 g/mol. The van der Waals surface area contributed by atoms with Crippen molar-refractivity contribution >= 4 is 65.2 Å². The number of carboxylic acids is 3. The first-order chi connectivity index (χ1) is 38.5. The van der Waals surface area contributed by atoms with Gasteiger partial charge in [-0.25, -0.2) is 4.79 Å². The summed E-state index contributed by atoms with van der Waals surface area (Å²) in [7, 11) is 0. The molecule has 0 aliphatic carbocycles. The van der Waals surface area contributed by atoms with E-state index in [4.69, 9.17) is 0 Å². The maximum Gasteiger partial charge on any atom is 0.326 e. The molecule has 428 valence electrons. The zero-order chi connectivity index (χ0) is 57.3. The van der Waals surface area contributed by atoms with Crippen LogP contribution in [0, 0.1) is 0 Å². The quantitative estimate of drug-likeness (QED) is 0.0534. The van der Waals surface area contributed by atoms with E-state index >= 15 is 0 Å². The highest BCUT2D eigenvalue weighted by Crippen LogP contribution is 2.24. The lowest BCUT2D eigenvalue weighted by molar-refractivity contribution is -0.149. The topological polar surface area (TPSA) is 330 Å². The average Bonchev–Trinajstić information content (AvgIpc) is 4.34. The van der Waals surface area contributed by atoms with Gasteiger partial charge < -0.3 is 61.9 Å². The highest BCUT2D eigenvalue weighted by molar-refractivity contribution is 5.99. The summed E-state index contributed by atoms with van der Waals surface area (Å²) in [5, 5.41) is 46.0. The summed E-state index contributed by atoms with van der Waals surface area (Å²) < 4.78 is 0. The van der Waals surface area contributed by atoms with Crippen molar-refractivity contribution in [3.05, 3.63) is 108 Å². The van der Waals surface area contributed by atoms with Gasteiger partial charge in [-0.2, -0.15) is 0 Å². The molecule has 4 heterocycles. The maximum atomic E-state index is 14.9. The molecule has 0 bridgehead atoms. The van der Waals surface area contributed by atoms with E-state index in [1.54, 1.807) is 60.7 Å². The number of nitrogens with one attached hydrogen (secondary N) is 6. The summed E-state index contributed by atoms with van der Waals surface area (Å²) in [6.45, 7) is 0.966. The van der Waals surface area contributed by atoms with E-state index in [0.717, 1.165) is 12.0 Å². The maximum absolute atomic E-state index is 14.9. The SMILES string of the molecule is O=C(O)CC[C@H](NC(=O)[C@@H]1CCCN1C(=O)[C@@H](Cc1ccccc1)NC(=O)[C@@H]1CCCN1)C(=O)N[C@H](Cc1ccccc1)C(=O)N1CCC[C@H]1C(=O)N[C@H](CCC(=O)O)C(=O)N[C@H](Cc1ccccc1)C(=O)N1CCC[C@H]1C(=O)O. The summed E-state index contributed by atoms with van der Waals surface area (Å²) in [6, 6.07) is 15.6. The predicted octanol–water partition coefficient (Wildman–Crippen LogP) is 0.678. The third kappa shape index (κ3) is 16.2. The normalized spacial score (nSPS) is 20.6. The van der Waals surface area contributed by atoms with Gasteiger partial charge in [-0.1, -0.05) is 91.0 Å². The second kappa shape index (κ2) is 28.6. The monoisotopic (exact) mass is 1110 g/mol. The molecule has 4 saturated heterocycles. The van der Waals surface area contributed by atoms with Crippen LogP contribution in [-0.2, 0) is 72.0 Å². The Bertz CT molecular complexity index is 2710. The Morgan fingerprint density at radius 1 is 0.438 bits per heavy atom. The van der Waals surface area contributed by atoms with Crippen LogP contribution < -0.4 is 31.9 Å². The summed E-state index contributed by atoms with van der Waals surface area (Å²) in [5.74, 6) is -9.43. The molecule has 80 heavy (non-hydrogen) atoms. The van der Waals surface area contributed by atoms with Gasteiger partial charge in [0.2, 0.25) is 47.3 Å². The fourth-order valence-corrected chi connectivity index (χ4v) is 11.0. The van der Waals surface area contributed by atoms with Crippen LogP contribution in [0.1, 0.15) is 93.7 Å². The first-order valence-corrected chi connectivity index (χ1v) is 27.4. The van der Waals surface area contributed by atoms with Gasteiger partial charge in [0.15, 0.2) is 0 Å². The highest BCUT2D eigenvalue weighted by atomic mass is 16.4. The summed E-state index contributed by atoms with van der Waals surface area (Å²) in [4.78, 5) is 154. The van der Waals surface area contributed by atoms with Crippen molar-refractivity contribution in [1.82, 2.24) is 46.6 Å². The number of carbonyl (C=O) groups excluding carboxylic acids is 8. The molecule has 0 unspecified atom stereocenters. The fourth-order valence-electron chi connectivity index (χ4n) is 11.0. The number of nitrogens with zero attached hydrogens (tertiary/aromatic N) is 3. The Morgan fingerprint density at radius 3 is 1.14 bits per heavy atom. The lowest BCUT2D eigenvalue weighted by Crippen LogP contribution is -2.60. The predicted molar refractivity (Wildman–Crippen MR) is 287 cm³/mol. The zero-order valence-electron chi connectivity index (χ0n) is 44.5. The van der Waals surface area contributed by atoms with Gasteiger partial charge in [0, 0.05) is 51.7 Å². The fraction of sp³-hybridized carbons (Fsp3) is 0.491. The number of rotatable bonds is 26. The lowest BCUT2D eigenvalue weighted by atomic mass is 10.0. The van der Waals surface area contributed by atoms with E-state index in [1.165, 1.54) is 14.7 Å². The number of amides is 8. The van der Waals surface area contributed by atoms with Gasteiger partial charge in [-0.3, -0.25) is 47.9 Å². The van der Waals surface area contributed by atoms with E-state index in [1.807, 2.05) is 30.3 Å². The summed E-state index contributed by atoms with van der Waals surface area (Å²) in [5.41, 5.74) is 1.99. The minimum atomic E-state index is -1.54. The Balaban J connectivity index is 1.07. The van der Waals surface area contributed by atoms with Gasteiger partial charge in [0.1, 0.15) is 48.3 Å². The molecule has 23 nitrogen and oxygen atoms in total. The van der Waals surface area contributed by atoms with Crippen molar-refractivity contribution in [1.29, 1.82) is 0 Å². The van der Waals surface area contributed by atoms with Gasteiger partial charge in [-0.15, -0.1) is 0 Å². The molecular weight excluding hydrogens is 1030 g/mol. The standard InChI is InChI=1S/C57H71N9O14/c67-47(68)26-24-39(59-52(74)44-21-11-29-64(44)54(76)41(32-35-14-4-1-5-15-35)61-49(71)38-20-10-28-58-38)50(72)62-42(33-36-16-6-2-7-17-36)55(77)65-30-12-22-45(65)53(75)60-40(25-27-48(69)70)51(73)63-43(34-37-18-8-3-9-19-37)56(78)66-31-13-23-46(66)57(79)80/h1-9,14-19,38-46,58H,10-13,20-34H2,(H,59,74)(H,60,75)(H,61,71)(H,62,72)(H,63,73)(H,67,68)(H,69,70)(H,79,80)/t38-,39-,40+,41+,42+,43+,44-,45-,46-/m0/s1. The van der Waals surface area contributed by atoms with E-state index in [9.17, 15) is 68.1 Å². The minimum Gasteiger partial charge on any atom is -0.481 e. The van der Waals surface area contributed by atoms with Crippen LogP contribution in [0.2, 0.25) is 0 Å². The molecule has 8 amide bonds. The number of likely N-dealkylation sites (tertiary alicyclic amines) is 3. The summed E-state index contributed by atoms with van der Waals surface area (Å²) >= 11 is 0. The molecule has 9 N–H and O–H groups in total. The number of benzene rings is 3. The molecule has 4 fully saturated rings. The molecule has 0 spiro atoms. The number of hydrogen-bond acceptors (Lipinski definition) is 12. The number of carboxylic acid groups (broad SMARTS) is 3. The third-order valence-corrected chi connectivity index (χ3v) is 15.1. The number of hydrogen-bond donors (Lipinski definition) is 9. The Hall–Kier alpha value is -8.21. The molecule has 0 radical (unpaired) electrons. The van der Waals surface area contributed by atoms with Crippen LogP contribution in [0.4, 0.5) is 0 Å². The highest BCUT2D eigenvalue weighted by Gasteiger charge is 2.43. The molecule has 3 aromatic carbocycles. The molecule has 23 heteroatoms. The number of carbonyl (C=O) groups is 11. The van der Waals surface area contributed by atoms with Crippen molar-refractivity contribution in [2.24, 2.45) is 0 Å². The number of aliphatic carboxylic acids is 3. The van der Waals surface area contributed by atoms with Crippen molar-refractivity contribution in [3.8, 4) is 0 Å². The molecule has 9 atom stereocenters. The van der Waals surface area contributed by atoms with E-state index in [2.05, 4.69) is 31.9 Å². The van der Waals surface area contributed by atoms with Gasteiger partial charge in [-0.05, 0) is 87.4 Å². The van der Waals surface area contributed by atoms with Crippen molar-refractivity contribution in [2.45, 2.75) is 151 Å². The molecule has 7 rings (SSSR count). The Morgan fingerprint density at radius 2 is 0.787 bits per heavy atom. The van der Waals surface area contributed by atoms with Crippen molar-refractivity contribution < 1.29 is 68.1 Å². The first kappa shape index (κ1) is 59.5. The Kier molecular flexibility index (Phi) is 21.3. The van der Waals surface area contributed by atoms with Gasteiger partial charge in [0.05, 0.1) is 6.04 Å². The van der Waals surface area contributed by atoms with Crippen LogP contribution in [-0.4, -0.2) is 176 Å². The zero-order valence-corrected chi connectivity index (χ0v) is 44.5. The van der Waals surface area contributed by atoms with Crippen LogP contribution in [0.5, 0.6) is 0 Å².